The van der Waals surface area contributed by atoms with Crippen molar-refractivity contribution in [1.82, 2.24) is 9.97 Å². The smallest absolute Gasteiger partial charge is 0.270 e. The molecule has 1 N–H and O–H groups in total. The molecule has 2 aromatic heterocycles. The summed E-state index contributed by atoms with van der Waals surface area (Å²) in [5, 5.41) is 1.98. The van der Waals surface area contributed by atoms with E-state index in [1.807, 2.05) is 37.4 Å². The number of nitrogens with zero attached hydrogens (tertiary/aromatic N) is 2. The number of piperidine rings is 1. The van der Waals surface area contributed by atoms with E-state index in [0.29, 0.717) is 67.2 Å². The summed E-state index contributed by atoms with van der Waals surface area (Å²) in [5.41, 5.74) is 2.44. The Morgan fingerprint density at radius 2 is 1.84 bits per heavy atom. The van der Waals surface area contributed by atoms with Gasteiger partial charge in [-0.05, 0) is 31.5 Å². The highest BCUT2D eigenvalue weighted by Crippen LogP contribution is 2.38. The standard InChI is InChI=1S/C23H27N3O5S/c1-3-28-17-6-5-15(13-18(17)29-4-2)16-14-32-20-19(16)24-22(25-21(20)27)26-9-7-23(8-10-26)30-11-12-31-23/h5-6,13-14H,3-4,7-12H2,1-2H3,(H,24,25,27). The van der Waals surface area contributed by atoms with Crippen molar-refractivity contribution in [2.24, 2.45) is 0 Å². The molecule has 3 aromatic rings. The van der Waals surface area contributed by atoms with Crippen LogP contribution >= 0.6 is 11.3 Å². The third-order valence-corrected chi connectivity index (χ3v) is 6.87. The summed E-state index contributed by atoms with van der Waals surface area (Å²) in [6, 6.07) is 5.85. The van der Waals surface area contributed by atoms with E-state index in [2.05, 4.69) is 9.88 Å². The van der Waals surface area contributed by atoms with Crippen LogP contribution in [0.2, 0.25) is 0 Å². The number of H-pyrrole nitrogens is 1. The lowest BCUT2D eigenvalue weighted by Crippen LogP contribution is -2.46. The Hall–Kier alpha value is -2.62. The normalized spacial score (nSPS) is 17.9. The van der Waals surface area contributed by atoms with Crippen LogP contribution in [0, 0.1) is 0 Å². The largest absolute Gasteiger partial charge is 0.490 e. The lowest BCUT2D eigenvalue weighted by atomic mass is 10.0. The van der Waals surface area contributed by atoms with Gasteiger partial charge in [-0.2, -0.15) is 0 Å². The molecule has 32 heavy (non-hydrogen) atoms. The first-order valence-electron chi connectivity index (χ1n) is 11.1. The van der Waals surface area contributed by atoms with E-state index < -0.39 is 5.79 Å². The molecule has 170 valence electrons. The zero-order valence-electron chi connectivity index (χ0n) is 18.3. The minimum Gasteiger partial charge on any atom is -0.490 e. The molecule has 1 aromatic carbocycles. The van der Waals surface area contributed by atoms with Gasteiger partial charge < -0.3 is 23.8 Å². The predicted molar refractivity (Wildman–Crippen MR) is 124 cm³/mol. The van der Waals surface area contributed by atoms with Crippen LogP contribution in [-0.4, -0.2) is 55.3 Å². The van der Waals surface area contributed by atoms with Crippen LogP contribution in [0.4, 0.5) is 5.95 Å². The van der Waals surface area contributed by atoms with Crippen molar-refractivity contribution in [3.63, 3.8) is 0 Å². The lowest BCUT2D eigenvalue weighted by Gasteiger charge is -2.37. The Kier molecular flexibility index (Phi) is 5.79. The Balaban J connectivity index is 1.49. The first kappa shape index (κ1) is 21.2. The highest BCUT2D eigenvalue weighted by molar-refractivity contribution is 7.17. The predicted octanol–water partition coefficient (Wildman–Crippen LogP) is 3.79. The van der Waals surface area contributed by atoms with E-state index in [-0.39, 0.29) is 5.56 Å². The molecule has 1 spiro atoms. The molecule has 0 unspecified atom stereocenters. The van der Waals surface area contributed by atoms with E-state index in [1.54, 1.807) is 0 Å². The van der Waals surface area contributed by atoms with Crippen LogP contribution in [0.3, 0.4) is 0 Å². The van der Waals surface area contributed by atoms with Crippen LogP contribution < -0.4 is 19.9 Å². The SMILES string of the molecule is CCOc1ccc(-c2csc3c(=O)[nH]c(N4CCC5(CC4)OCCO5)nc23)cc1OCC. The Labute approximate surface area is 190 Å². The van der Waals surface area contributed by atoms with Crippen molar-refractivity contribution in [2.75, 3.05) is 44.4 Å². The third kappa shape index (κ3) is 3.85. The van der Waals surface area contributed by atoms with Crippen LogP contribution in [0.15, 0.2) is 28.4 Å². The summed E-state index contributed by atoms with van der Waals surface area (Å²) in [6.07, 6.45) is 1.50. The fraction of sp³-hybridized carbons (Fsp3) is 0.478. The van der Waals surface area contributed by atoms with Gasteiger partial charge in [0.1, 0.15) is 4.70 Å². The number of rotatable bonds is 6. The number of ether oxygens (including phenoxy) is 4. The van der Waals surface area contributed by atoms with Crippen LogP contribution in [0.5, 0.6) is 11.5 Å². The van der Waals surface area contributed by atoms with Crippen molar-refractivity contribution in [3.05, 3.63) is 33.9 Å². The van der Waals surface area contributed by atoms with Gasteiger partial charge in [0.25, 0.3) is 5.56 Å². The maximum Gasteiger partial charge on any atom is 0.270 e. The van der Waals surface area contributed by atoms with Gasteiger partial charge in [0.2, 0.25) is 5.95 Å². The number of benzene rings is 1. The second kappa shape index (κ2) is 8.73. The highest BCUT2D eigenvalue weighted by atomic mass is 32.1. The molecule has 2 aliphatic rings. The summed E-state index contributed by atoms with van der Waals surface area (Å²) in [7, 11) is 0. The second-order valence-electron chi connectivity index (χ2n) is 7.84. The van der Waals surface area contributed by atoms with E-state index in [1.165, 1.54) is 11.3 Å². The minimum absolute atomic E-state index is 0.120. The molecule has 0 amide bonds. The van der Waals surface area contributed by atoms with Gasteiger partial charge in [-0.15, -0.1) is 11.3 Å². The van der Waals surface area contributed by atoms with Crippen molar-refractivity contribution < 1.29 is 18.9 Å². The number of thiophene rings is 1. The molecule has 2 saturated heterocycles. The molecule has 5 rings (SSSR count). The molecule has 0 saturated carbocycles. The molecular formula is C23H27N3O5S. The molecule has 8 nitrogen and oxygen atoms in total. The molecule has 0 bridgehead atoms. The Morgan fingerprint density at radius 1 is 1.12 bits per heavy atom. The topological polar surface area (TPSA) is 85.9 Å². The van der Waals surface area contributed by atoms with Gasteiger partial charge in [-0.3, -0.25) is 9.78 Å². The maximum absolute atomic E-state index is 12.8. The van der Waals surface area contributed by atoms with E-state index in [9.17, 15) is 4.79 Å². The van der Waals surface area contributed by atoms with Gasteiger partial charge in [-0.25, -0.2) is 4.98 Å². The van der Waals surface area contributed by atoms with Crippen molar-refractivity contribution in [1.29, 1.82) is 0 Å². The highest BCUT2D eigenvalue weighted by Gasteiger charge is 2.40. The minimum atomic E-state index is -0.466. The summed E-state index contributed by atoms with van der Waals surface area (Å²) in [6.45, 7) is 7.71. The fourth-order valence-electron chi connectivity index (χ4n) is 4.33. The first-order valence-corrected chi connectivity index (χ1v) is 11.9. The average Bonchev–Trinajstić information content (AvgIpc) is 3.43. The summed E-state index contributed by atoms with van der Waals surface area (Å²) in [5.74, 6) is 1.52. The maximum atomic E-state index is 12.8. The summed E-state index contributed by atoms with van der Waals surface area (Å²) < 4.78 is 23.7. The van der Waals surface area contributed by atoms with Gasteiger partial charge >= 0.3 is 0 Å². The Morgan fingerprint density at radius 3 is 2.56 bits per heavy atom. The van der Waals surface area contributed by atoms with Crippen LogP contribution in [0.25, 0.3) is 21.3 Å². The number of hydrogen-bond donors (Lipinski definition) is 1. The zero-order valence-corrected chi connectivity index (χ0v) is 19.1. The quantitative estimate of drug-likeness (QED) is 0.603. The fourth-order valence-corrected chi connectivity index (χ4v) is 5.24. The van der Waals surface area contributed by atoms with E-state index in [4.69, 9.17) is 23.9 Å². The summed E-state index contributed by atoms with van der Waals surface area (Å²) >= 11 is 1.40. The molecule has 0 radical (unpaired) electrons. The monoisotopic (exact) mass is 457 g/mol. The lowest BCUT2D eigenvalue weighted by molar-refractivity contribution is -0.169. The number of nitrogens with one attached hydrogen (secondary N) is 1. The van der Waals surface area contributed by atoms with Crippen molar-refractivity contribution >= 4 is 27.5 Å². The second-order valence-corrected chi connectivity index (χ2v) is 8.72. The van der Waals surface area contributed by atoms with E-state index in [0.717, 1.165) is 24.0 Å². The third-order valence-electron chi connectivity index (χ3n) is 5.91. The molecule has 0 aliphatic carbocycles. The van der Waals surface area contributed by atoms with Crippen molar-refractivity contribution in [3.8, 4) is 22.6 Å². The van der Waals surface area contributed by atoms with Gasteiger partial charge in [0, 0.05) is 36.9 Å². The number of anilines is 1. The molecule has 9 heteroatoms. The van der Waals surface area contributed by atoms with Gasteiger partial charge in [0.05, 0.1) is 31.9 Å². The number of aromatic nitrogens is 2. The van der Waals surface area contributed by atoms with E-state index >= 15 is 0 Å². The number of fused-ring (bicyclic) bond motifs is 1. The van der Waals surface area contributed by atoms with Crippen molar-refractivity contribution in [2.45, 2.75) is 32.5 Å². The van der Waals surface area contributed by atoms with Crippen LogP contribution in [0.1, 0.15) is 26.7 Å². The molecule has 0 atom stereocenters. The molecular weight excluding hydrogens is 430 g/mol. The molecule has 2 fully saturated rings. The first-order chi connectivity index (χ1) is 15.6. The molecule has 4 heterocycles. The molecule has 2 aliphatic heterocycles. The average molecular weight is 458 g/mol. The Bertz CT molecular complexity index is 1160. The summed E-state index contributed by atoms with van der Waals surface area (Å²) in [4.78, 5) is 22.8. The zero-order chi connectivity index (χ0) is 22.1. The number of hydrogen-bond acceptors (Lipinski definition) is 8. The van der Waals surface area contributed by atoms with Crippen LogP contribution in [-0.2, 0) is 9.47 Å². The van der Waals surface area contributed by atoms with Gasteiger partial charge in [-0.1, -0.05) is 6.07 Å². The number of aromatic amines is 1. The van der Waals surface area contributed by atoms with Gasteiger partial charge in [0.15, 0.2) is 17.3 Å².